The number of hydrogen-bond donors (Lipinski definition) is 0. The van der Waals surface area contributed by atoms with Crippen LogP contribution in [0.1, 0.15) is 18.1 Å². The monoisotopic (exact) mass is 559 g/mol. The van der Waals surface area contributed by atoms with E-state index in [1.807, 2.05) is 36.4 Å². The number of aromatic nitrogens is 2. The lowest BCUT2D eigenvalue weighted by Gasteiger charge is -2.27. The Morgan fingerprint density at radius 2 is 1.76 bits per heavy atom. The summed E-state index contributed by atoms with van der Waals surface area (Å²) >= 11 is 0. The first-order chi connectivity index (χ1) is 20.3. The van der Waals surface area contributed by atoms with Crippen molar-refractivity contribution in [2.24, 2.45) is 0 Å². The maximum atomic E-state index is 13.8. The van der Waals surface area contributed by atoms with E-state index in [0.717, 1.165) is 10.6 Å². The zero-order chi connectivity index (χ0) is 29.4. The van der Waals surface area contributed by atoms with Crippen molar-refractivity contribution in [1.82, 2.24) is 14.7 Å². The SMILES string of the molecule is CC1=C(C#N)C(=O)N(Cc2ccc3c(c2)OCO3)C(=O)/C1=C/c1cn(-c2ccccc2)nc1-c1ccc([N+](=O)[O-])cc1. The molecule has 0 N–H and O–H groups in total. The number of amides is 2. The van der Waals surface area contributed by atoms with Crippen molar-refractivity contribution in [3.63, 3.8) is 0 Å². The lowest BCUT2D eigenvalue weighted by atomic mass is 9.93. The van der Waals surface area contributed by atoms with Crippen LogP contribution in [0.4, 0.5) is 5.69 Å². The fraction of sp³-hybridized carbons (Fsp3) is 0.0968. The number of nitro benzene ring substituents is 1. The molecule has 0 radical (unpaired) electrons. The van der Waals surface area contributed by atoms with Crippen molar-refractivity contribution in [2.45, 2.75) is 13.5 Å². The fourth-order valence-corrected chi connectivity index (χ4v) is 4.82. The van der Waals surface area contributed by atoms with Crippen LogP contribution in [0.15, 0.2) is 95.7 Å². The summed E-state index contributed by atoms with van der Waals surface area (Å²) in [5, 5.41) is 25.8. The zero-order valence-electron chi connectivity index (χ0n) is 22.2. The number of hydrogen-bond acceptors (Lipinski definition) is 8. The van der Waals surface area contributed by atoms with Crippen molar-refractivity contribution in [3.05, 3.63) is 117 Å². The van der Waals surface area contributed by atoms with Crippen molar-refractivity contribution >= 4 is 23.6 Å². The molecule has 206 valence electrons. The van der Waals surface area contributed by atoms with Gasteiger partial charge in [-0.2, -0.15) is 10.4 Å². The number of nitro groups is 1. The van der Waals surface area contributed by atoms with Crippen molar-refractivity contribution in [1.29, 1.82) is 5.26 Å². The predicted molar refractivity (Wildman–Crippen MR) is 150 cm³/mol. The van der Waals surface area contributed by atoms with E-state index in [1.54, 1.807) is 54.2 Å². The number of carbonyl (C=O) groups excluding carboxylic acids is 2. The van der Waals surface area contributed by atoms with Crippen LogP contribution in [0.25, 0.3) is 23.0 Å². The van der Waals surface area contributed by atoms with Crippen molar-refractivity contribution < 1.29 is 24.0 Å². The van der Waals surface area contributed by atoms with Crippen LogP contribution in [0, 0.1) is 21.4 Å². The molecule has 2 aliphatic rings. The summed E-state index contributed by atoms with van der Waals surface area (Å²) in [5.74, 6) is -0.187. The third-order valence-corrected chi connectivity index (χ3v) is 7.02. The largest absolute Gasteiger partial charge is 0.454 e. The van der Waals surface area contributed by atoms with Gasteiger partial charge in [-0.05, 0) is 60.5 Å². The molecule has 0 saturated heterocycles. The normalized spacial score (nSPS) is 15.3. The molecule has 0 unspecified atom stereocenters. The highest BCUT2D eigenvalue weighted by molar-refractivity contribution is 6.19. The smallest absolute Gasteiger partial charge is 0.271 e. The maximum Gasteiger partial charge on any atom is 0.271 e. The van der Waals surface area contributed by atoms with Gasteiger partial charge in [0.2, 0.25) is 6.79 Å². The highest BCUT2D eigenvalue weighted by Gasteiger charge is 2.36. The van der Waals surface area contributed by atoms with E-state index in [-0.39, 0.29) is 35.7 Å². The number of carbonyl (C=O) groups is 2. The first-order valence-electron chi connectivity index (χ1n) is 12.8. The van der Waals surface area contributed by atoms with Gasteiger partial charge in [-0.25, -0.2) is 4.68 Å². The molecule has 42 heavy (non-hydrogen) atoms. The number of ether oxygens (including phenoxy) is 2. The standard InChI is InChI=1S/C31H21N5O6/c1-19-25(30(37)34(31(38)26(19)15-32)16-20-7-12-27-28(13-20)42-18-41-27)14-22-17-35(23-5-3-2-4-6-23)33-29(22)21-8-10-24(11-9-21)36(39)40/h2-14,17H,16,18H2,1H3/b25-14+. The first-order valence-corrected chi connectivity index (χ1v) is 12.8. The second-order valence-corrected chi connectivity index (χ2v) is 9.57. The average Bonchev–Trinajstić information content (AvgIpc) is 3.65. The minimum atomic E-state index is -0.689. The number of non-ortho nitro benzene ring substituents is 1. The van der Waals surface area contributed by atoms with Crippen LogP contribution < -0.4 is 9.47 Å². The molecule has 1 aromatic heterocycles. The predicted octanol–water partition coefficient (Wildman–Crippen LogP) is 4.97. The highest BCUT2D eigenvalue weighted by Crippen LogP contribution is 2.35. The van der Waals surface area contributed by atoms with Crippen LogP contribution in [0.3, 0.4) is 0 Å². The number of nitriles is 1. The van der Waals surface area contributed by atoms with E-state index < -0.39 is 16.7 Å². The van der Waals surface area contributed by atoms with Crippen LogP contribution in [0.5, 0.6) is 11.5 Å². The van der Waals surface area contributed by atoms with Gasteiger partial charge in [-0.15, -0.1) is 0 Å². The molecule has 0 aliphatic carbocycles. The lowest BCUT2D eigenvalue weighted by Crippen LogP contribution is -2.42. The molecule has 2 aliphatic heterocycles. The molecule has 3 aromatic carbocycles. The molecule has 4 aromatic rings. The number of rotatable bonds is 6. The summed E-state index contributed by atoms with van der Waals surface area (Å²) in [7, 11) is 0. The van der Waals surface area contributed by atoms with Crippen molar-refractivity contribution in [3.8, 4) is 34.5 Å². The van der Waals surface area contributed by atoms with E-state index in [0.29, 0.717) is 33.9 Å². The average molecular weight is 560 g/mol. The second kappa shape index (κ2) is 10.5. The van der Waals surface area contributed by atoms with Crippen LogP contribution in [-0.4, -0.2) is 38.2 Å². The molecule has 0 bridgehead atoms. The molecule has 11 heteroatoms. The minimum Gasteiger partial charge on any atom is -0.454 e. The Bertz CT molecular complexity index is 1870. The number of fused-ring (bicyclic) bond motifs is 1. The Morgan fingerprint density at radius 3 is 2.48 bits per heavy atom. The minimum absolute atomic E-state index is 0.0706. The molecule has 0 saturated carbocycles. The molecule has 0 fully saturated rings. The van der Waals surface area contributed by atoms with Crippen LogP contribution in [-0.2, 0) is 16.1 Å². The van der Waals surface area contributed by atoms with Gasteiger partial charge in [0, 0.05) is 35.0 Å². The van der Waals surface area contributed by atoms with Gasteiger partial charge in [0.15, 0.2) is 11.5 Å². The molecule has 0 atom stereocenters. The summed E-state index contributed by atoms with van der Waals surface area (Å²) in [6.07, 6.45) is 3.32. The summed E-state index contributed by atoms with van der Waals surface area (Å²) in [4.78, 5) is 38.8. The number of benzene rings is 3. The van der Waals surface area contributed by atoms with E-state index in [1.165, 1.54) is 12.1 Å². The van der Waals surface area contributed by atoms with Gasteiger partial charge < -0.3 is 9.47 Å². The molecule has 2 amide bonds. The summed E-state index contributed by atoms with van der Waals surface area (Å²) < 4.78 is 12.4. The van der Waals surface area contributed by atoms with E-state index in [9.17, 15) is 25.0 Å². The Labute approximate surface area is 239 Å². The van der Waals surface area contributed by atoms with E-state index in [4.69, 9.17) is 14.6 Å². The van der Waals surface area contributed by atoms with Gasteiger partial charge in [-0.1, -0.05) is 24.3 Å². The summed E-state index contributed by atoms with van der Waals surface area (Å²) in [5.41, 5.74) is 3.13. The summed E-state index contributed by atoms with van der Waals surface area (Å²) in [6.45, 7) is 1.56. The van der Waals surface area contributed by atoms with Gasteiger partial charge in [0.1, 0.15) is 11.6 Å². The van der Waals surface area contributed by atoms with Gasteiger partial charge in [0.05, 0.1) is 22.8 Å². The van der Waals surface area contributed by atoms with Crippen LogP contribution in [0.2, 0.25) is 0 Å². The Balaban J connectivity index is 1.45. The maximum absolute atomic E-state index is 13.8. The van der Waals surface area contributed by atoms with Gasteiger partial charge in [-0.3, -0.25) is 24.6 Å². The second-order valence-electron chi connectivity index (χ2n) is 9.57. The molecule has 11 nitrogen and oxygen atoms in total. The molecule has 0 spiro atoms. The molecular formula is C31H21N5O6. The topological polar surface area (TPSA) is 141 Å². The Hall–Kier alpha value is -6.02. The lowest BCUT2D eigenvalue weighted by molar-refractivity contribution is -0.384. The fourth-order valence-electron chi connectivity index (χ4n) is 4.82. The number of para-hydroxylation sites is 1. The quantitative estimate of drug-likeness (QED) is 0.140. The Morgan fingerprint density at radius 1 is 1.02 bits per heavy atom. The summed E-state index contributed by atoms with van der Waals surface area (Å²) in [6, 6.07) is 22.3. The van der Waals surface area contributed by atoms with Gasteiger partial charge >= 0.3 is 0 Å². The molecule has 6 rings (SSSR count). The third kappa shape index (κ3) is 4.67. The molecular weight excluding hydrogens is 538 g/mol. The zero-order valence-corrected chi connectivity index (χ0v) is 22.2. The molecule has 3 heterocycles. The van der Waals surface area contributed by atoms with E-state index >= 15 is 0 Å². The van der Waals surface area contributed by atoms with Crippen LogP contribution >= 0.6 is 0 Å². The van der Waals surface area contributed by atoms with Crippen molar-refractivity contribution in [2.75, 3.05) is 6.79 Å². The highest BCUT2D eigenvalue weighted by atomic mass is 16.7. The first kappa shape index (κ1) is 26.2. The number of nitrogens with zero attached hydrogens (tertiary/aromatic N) is 5. The van der Waals surface area contributed by atoms with Gasteiger partial charge in [0.25, 0.3) is 17.5 Å². The third-order valence-electron chi connectivity index (χ3n) is 7.02. The van der Waals surface area contributed by atoms with E-state index in [2.05, 4.69) is 0 Å². The number of imide groups is 1. The Kier molecular flexibility index (Phi) is 6.56.